The first-order chi connectivity index (χ1) is 15.5. The lowest BCUT2D eigenvalue weighted by Crippen LogP contribution is -2.37. The van der Waals surface area contributed by atoms with Gasteiger partial charge in [-0.1, -0.05) is 17.7 Å². The van der Waals surface area contributed by atoms with Crippen molar-refractivity contribution < 1.29 is 9.59 Å². The maximum atomic E-state index is 13.4. The quantitative estimate of drug-likeness (QED) is 0.577. The molecule has 1 aliphatic heterocycles. The minimum absolute atomic E-state index is 0.000167. The molecule has 8 heteroatoms. The van der Waals surface area contributed by atoms with Crippen molar-refractivity contribution in [3.8, 4) is 0 Å². The van der Waals surface area contributed by atoms with Crippen LogP contribution in [0.5, 0.6) is 0 Å². The summed E-state index contributed by atoms with van der Waals surface area (Å²) < 4.78 is 2.03. The predicted octanol–water partition coefficient (Wildman–Crippen LogP) is 3.53. The molecule has 1 aromatic carbocycles. The summed E-state index contributed by atoms with van der Waals surface area (Å²) in [5.74, 6) is 0.537. The van der Waals surface area contributed by atoms with Crippen molar-refractivity contribution in [3.63, 3.8) is 0 Å². The van der Waals surface area contributed by atoms with Crippen LogP contribution in [0.1, 0.15) is 56.2 Å². The number of carbonyl (C=O) groups is 2. The van der Waals surface area contributed by atoms with E-state index in [0.717, 1.165) is 35.5 Å². The predicted molar refractivity (Wildman–Crippen MR) is 122 cm³/mol. The third-order valence-electron chi connectivity index (χ3n) is 6.28. The van der Waals surface area contributed by atoms with Gasteiger partial charge in [-0.2, -0.15) is 5.10 Å². The van der Waals surface area contributed by atoms with Gasteiger partial charge in [-0.15, -0.1) is 11.3 Å². The molecule has 3 aromatic rings. The molecule has 0 radical (unpaired) electrons. The molecule has 166 valence electrons. The molecule has 0 spiro atoms. The summed E-state index contributed by atoms with van der Waals surface area (Å²) in [6.45, 7) is 4.36. The molecule has 0 bridgehead atoms. The summed E-state index contributed by atoms with van der Waals surface area (Å²) in [5, 5.41) is 6.72. The van der Waals surface area contributed by atoms with Crippen LogP contribution in [0, 0.1) is 12.8 Å². The van der Waals surface area contributed by atoms with E-state index in [2.05, 4.69) is 4.98 Å². The molecular formula is C24H27N5O2S. The Labute approximate surface area is 191 Å². The zero-order valence-electron chi connectivity index (χ0n) is 18.5. The van der Waals surface area contributed by atoms with E-state index in [-0.39, 0.29) is 11.8 Å². The molecule has 3 heterocycles. The van der Waals surface area contributed by atoms with E-state index in [4.69, 9.17) is 5.10 Å². The Morgan fingerprint density at radius 1 is 1.22 bits per heavy atom. The zero-order valence-corrected chi connectivity index (χ0v) is 19.3. The molecule has 0 N–H and O–H groups in total. The highest BCUT2D eigenvalue weighted by atomic mass is 32.1. The van der Waals surface area contributed by atoms with Crippen LogP contribution in [-0.4, -0.2) is 50.0 Å². The lowest BCUT2D eigenvalue weighted by molar-refractivity contribution is 0.0721. The Bertz CT molecular complexity index is 1130. The van der Waals surface area contributed by atoms with E-state index in [1.165, 1.54) is 24.2 Å². The van der Waals surface area contributed by atoms with Crippen molar-refractivity contribution in [2.75, 3.05) is 13.6 Å². The molecule has 0 unspecified atom stereocenters. The molecule has 1 aliphatic carbocycles. The first-order valence-corrected chi connectivity index (χ1v) is 12.0. The molecule has 1 fully saturated rings. The fourth-order valence-electron chi connectivity index (χ4n) is 4.22. The zero-order chi connectivity index (χ0) is 22.2. The van der Waals surface area contributed by atoms with Gasteiger partial charge >= 0.3 is 0 Å². The summed E-state index contributed by atoms with van der Waals surface area (Å²) in [7, 11) is 1.78. The average molecular weight is 450 g/mol. The number of nitrogens with zero attached hydrogens (tertiary/aromatic N) is 5. The molecule has 2 aromatic heterocycles. The van der Waals surface area contributed by atoms with Crippen molar-refractivity contribution in [1.29, 1.82) is 0 Å². The van der Waals surface area contributed by atoms with Gasteiger partial charge in [-0.25, -0.2) is 4.98 Å². The molecule has 7 nitrogen and oxygen atoms in total. The van der Waals surface area contributed by atoms with Crippen LogP contribution in [0.3, 0.4) is 0 Å². The topological polar surface area (TPSA) is 71.3 Å². The highest BCUT2D eigenvalue weighted by Crippen LogP contribution is 2.33. The third-order valence-corrected chi connectivity index (χ3v) is 6.91. The van der Waals surface area contributed by atoms with Crippen LogP contribution >= 0.6 is 11.3 Å². The van der Waals surface area contributed by atoms with Crippen LogP contribution in [0.2, 0.25) is 0 Å². The monoisotopic (exact) mass is 449 g/mol. The van der Waals surface area contributed by atoms with E-state index < -0.39 is 0 Å². The lowest BCUT2D eigenvalue weighted by atomic mass is 10.0. The van der Waals surface area contributed by atoms with Crippen molar-refractivity contribution in [2.24, 2.45) is 5.92 Å². The Morgan fingerprint density at radius 2 is 2.00 bits per heavy atom. The highest BCUT2D eigenvalue weighted by molar-refractivity contribution is 7.07. The fourth-order valence-corrected chi connectivity index (χ4v) is 4.77. The second kappa shape index (κ2) is 8.50. The Hall–Kier alpha value is -3.00. The van der Waals surface area contributed by atoms with Crippen molar-refractivity contribution in [1.82, 2.24) is 24.6 Å². The molecule has 5 rings (SSSR count). The molecule has 2 amide bonds. The largest absolute Gasteiger partial charge is 0.334 e. The Kier molecular flexibility index (Phi) is 5.55. The Morgan fingerprint density at radius 3 is 2.69 bits per heavy atom. The summed E-state index contributed by atoms with van der Waals surface area (Å²) in [6, 6.07) is 7.66. The van der Waals surface area contributed by atoms with Gasteiger partial charge in [0.25, 0.3) is 11.8 Å². The maximum Gasteiger partial charge on any atom is 0.274 e. The number of rotatable bonds is 6. The number of benzene rings is 1. The smallest absolute Gasteiger partial charge is 0.274 e. The van der Waals surface area contributed by atoms with Crippen LogP contribution in [0.25, 0.3) is 0 Å². The standard InChI is InChI=1S/C24H27N5O2S/c1-16-3-7-18(8-4-16)23(30)28-10-9-21-20(13-28)22(26-29(21)11-17-5-6-17)24(31)27(2)12-19-14-32-15-25-19/h3-4,7-8,14-15,17H,5-6,9-13H2,1-2H3. The molecule has 0 atom stereocenters. The van der Waals surface area contributed by atoms with Crippen molar-refractivity contribution in [3.05, 3.63) is 68.9 Å². The number of aromatic nitrogens is 3. The van der Waals surface area contributed by atoms with Crippen molar-refractivity contribution in [2.45, 2.75) is 45.8 Å². The molecular weight excluding hydrogens is 422 g/mol. The van der Waals surface area contributed by atoms with Crippen LogP contribution in [0.15, 0.2) is 35.2 Å². The van der Waals surface area contributed by atoms with E-state index in [1.807, 2.05) is 46.2 Å². The third kappa shape index (κ3) is 4.19. The average Bonchev–Trinajstić information content (AvgIpc) is 3.33. The number of amides is 2. The maximum absolute atomic E-state index is 13.4. The molecule has 32 heavy (non-hydrogen) atoms. The summed E-state index contributed by atoms with van der Waals surface area (Å²) in [5.41, 5.74) is 6.92. The van der Waals surface area contributed by atoms with E-state index in [0.29, 0.717) is 36.8 Å². The number of hydrogen-bond acceptors (Lipinski definition) is 5. The number of hydrogen-bond donors (Lipinski definition) is 0. The minimum Gasteiger partial charge on any atom is -0.334 e. The lowest BCUT2D eigenvalue weighted by Gasteiger charge is -2.28. The van der Waals surface area contributed by atoms with E-state index >= 15 is 0 Å². The number of thiazole rings is 1. The number of aryl methyl sites for hydroxylation is 1. The van der Waals surface area contributed by atoms with Crippen LogP contribution < -0.4 is 0 Å². The SMILES string of the molecule is Cc1ccc(C(=O)N2CCc3c(c(C(=O)N(C)Cc4cscn4)nn3CC3CC3)C2)cc1. The Balaban J connectivity index is 1.42. The normalized spacial score (nSPS) is 15.5. The first-order valence-electron chi connectivity index (χ1n) is 11.1. The van der Waals surface area contributed by atoms with Gasteiger partial charge in [0.1, 0.15) is 0 Å². The van der Waals surface area contributed by atoms with Gasteiger partial charge < -0.3 is 9.80 Å². The van der Waals surface area contributed by atoms with Crippen LogP contribution in [-0.2, 0) is 26.1 Å². The molecule has 1 saturated carbocycles. The number of carbonyl (C=O) groups excluding carboxylic acids is 2. The van der Waals surface area contributed by atoms with E-state index in [1.54, 1.807) is 17.5 Å². The van der Waals surface area contributed by atoms with Gasteiger partial charge in [0.05, 0.1) is 24.3 Å². The van der Waals surface area contributed by atoms with Gasteiger partial charge in [-0.3, -0.25) is 14.3 Å². The van der Waals surface area contributed by atoms with Crippen LogP contribution in [0.4, 0.5) is 0 Å². The molecule has 0 saturated heterocycles. The highest BCUT2D eigenvalue weighted by Gasteiger charge is 2.33. The second-order valence-corrected chi connectivity index (χ2v) is 9.60. The van der Waals surface area contributed by atoms with Gasteiger partial charge in [0.15, 0.2) is 5.69 Å². The van der Waals surface area contributed by atoms with Crippen molar-refractivity contribution >= 4 is 23.2 Å². The second-order valence-electron chi connectivity index (χ2n) is 8.88. The van der Waals surface area contributed by atoms with Gasteiger partial charge in [0, 0.05) is 48.8 Å². The fraction of sp³-hybridized carbons (Fsp3) is 0.417. The summed E-state index contributed by atoms with van der Waals surface area (Å²) in [4.78, 5) is 34.3. The van der Waals surface area contributed by atoms with E-state index in [9.17, 15) is 9.59 Å². The first kappa shape index (κ1) is 20.9. The summed E-state index contributed by atoms with van der Waals surface area (Å²) in [6.07, 6.45) is 3.16. The number of fused-ring (bicyclic) bond motifs is 1. The van der Waals surface area contributed by atoms with Gasteiger partial charge in [-0.05, 0) is 37.8 Å². The van der Waals surface area contributed by atoms with Gasteiger partial charge in [0.2, 0.25) is 0 Å². The summed E-state index contributed by atoms with van der Waals surface area (Å²) >= 11 is 1.52. The minimum atomic E-state index is -0.117. The molecule has 2 aliphatic rings.